The lowest BCUT2D eigenvalue weighted by molar-refractivity contribution is -0.123. The Kier molecular flexibility index (Phi) is 4.40. The number of thiazole rings is 1. The van der Waals surface area contributed by atoms with E-state index in [1.165, 1.54) is 47.6 Å². The van der Waals surface area contributed by atoms with Gasteiger partial charge in [-0.05, 0) is 43.4 Å². The highest BCUT2D eigenvalue weighted by atomic mass is 32.1. The second-order valence-corrected chi connectivity index (χ2v) is 8.18. The quantitative estimate of drug-likeness (QED) is 0.763. The molecule has 0 bridgehead atoms. The van der Waals surface area contributed by atoms with Gasteiger partial charge < -0.3 is 4.90 Å². The van der Waals surface area contributed by atoms with Crippen LogP contribution in [0.2, 0.25) is 0 Å². The highest BCUT2D eigenvalue weighted by molar-refractivity contribution is 7.15. The number of rotatable bonds is 4. The molecule has 0 saturated heterocycles. The Balaban J connectivity index is 1.53. The summed E-state index contributed by atoms with van der Waals surface area (Å²) in [6.07, 6.45) is 10.3. The van der Waals surface area contributed by atoms with Gasteiger partial charge in [0.15, 0.2) is 0 Å². The number of aromatic nitrogens is 1. The minimum Gasteiger partial charge on any atom is -0.315 e. The molecular formula is C20H24N2OS. The number of nitrogens with zero attached hydrogens (tertiary/aromatic N) is 2. The number of carbonyl (C=O) groups excluding carboxylic acids is 1. The largest absolute Gasteiger partial charge is 0.315 e. The zero-order valence-corrected chi connectivity index (χ0v) is 15.0. The number of hydrogen-bond donors (Lipinski definition) is 0. The third-order valence-electron chi connectivity index (χ3n) is 5.25. The second-order valence-electron chi connectivity index (χ2n) is 7.12. The van der Waals surface area contributed by atoms with Crippen molar-refractivity contribution >= 4 is 22.9 Å². The molecule has 2 aliphatic rings. The molecule has 3 nitrogen and oxygen atoms in total. The fourth-order valence-corrected chi connectivity index (χ4v) is 4.64. The monoisotopic (exact) mass is 340 g/mol. The average molecular weight is 340 g/mol. The average Bonchev–Trinajstić information content (AvgIpc) is 3.38. The van der Waals surface area contributed by atoms with Gasteiger partial charge in [-0.25, -0.2) is 4.98 Å². The van der Waals surface area contributed by atoms with Crippen molar-refractivity contribution < 1.29 is 4.79 Å². The van der Waals surface area contributed by atoms with Gasteiger partial charge in [0.1, 0.15) is 0 Å². The lowest BCUT2D eigenvalue weighted by Crippen LogP contribution is -2.33. The highest BCUT2D eigenvalue weighted by Gasteiger charge is 2.27. The van der Waals surface area contributed by atoms with Gasteiger partial charge in [-0.2, -0.15) is 0 Å². The molecule has 4 heteroatoms. The molecule has 1 heterocycles. The first-order valence-corrected chi connectivity index (χ1v) is 9.88. The third kappa shape index (κ3) is 3.25. The maximum absolute atomic E-state index is 12.8. The normalized spacial score (nSPS) is 18.5. The van der Waals surface area contributed by atoms with E-state index in [2.05, 4.69) is 17.1 Å². The van der Waals surface area contributed by atoms with Crippen LogP contribution in [-0.2, 0) is 4.79 Å². The summed E-state index contributed by atoms with van der Waals surface area (Å²) in [5, 5.41) is 1.27. The lowest BCUT2D eigenvalue weighted by atomic mass is 9.88. The van der Waals surface area contributed by atoms with Gasteiger partial charge in [-0.15, -0.1) is 11.3 Å². The minimum atomic E-state index is 0.206. The van der Waals surface area contributed by atoms with E-state index in [1.54, 1.807) is 11.3 Å². The summed E-state index contributed by atoms with van der Waals surface area (Å²) < 4.78 is 0. The number of carbonyl (C=O) groups is 1. The van der Waals surface area contributed by atoms with Crippen molar-refractivity contribution in [1.29, 1.82) is 0 Å². The van der Waals surface area contributed by atoms with Crippen LogP contribution in [0.1, 0.15) is 55.9 Å². The number of benzene rings is 1. The molecule has 0 atom stereocenters. The standard InChI is InChI=1S/C20H24N2OS/c1-22(20(23)15-6-3-2-4-7-15)17-9-5-8-16(12-17)18-13-21-19(24-18)14-10-11-14/h5,8-9,12-15H,2-4,6-7,10-11H2,1H3. The molecule has 1 amide bonds. The van der Waals surface area contributed by atoms with Crippen molar-refractivity contribution in [2.45, 2.75) is 50.9 Å². The molecule has 2 saturated carbocycles. The predicted molar refractivity (Wildman–Crippen MR) is 99.5 cm³/mol. The van der Waals surface area contributed by atoms with E-state index >= 15 is 0 Å². The SMILES string of the molecule is CN(C(=O)C1CCCCC1)c1cccc(-c2cnc(C3CC3)s2)c1. The number of amides is 1. The maximum Gasteiger partial charge on any atom is 0.229 e. The summed E-state index contributed by atoms with van der Waals surface area (Å²) in [6, 6.07) is 8.33. The number of anilines is 1. The minimum absolute atomic E-state index is 0.206. The third-order valence-corrected chi connectivity index (χ3v) is 6.46. The summed E-state index contributed by atoms with van der Waals surface area (Å²) in [5.41, 5.74) is 2.16. The van der Waals surface area contributed by atoms with Crippen molar-refractivity contribution in [3.05, 3.63) is 35.5 Å². The molecule has 4 rings (SSSR count). The molecular weight excluding hydrogens is 316 g/mol. The van der Waals surface area contributed by atoms with Crippen molar-refractivity contribution in [2.24, 2.45) is 5.92 Å². The van der Waals surface area contributed by atoms with Gasteiger partial charge in [-0.3, -0.25) is 4.79 Å². The van der Waals surface area contributed by atoms with Crippen molar-refractivity contribution in [3.63, 3.8) is 0 Å². The molecule has 126 valence electrons. The Morgan fingerprint density at radius 3 is 2.71 bits per heavy atom. The first-order valence-electron chi connectivity index (χ1n) is 9.06. The van der Waals surface area contributed by atoms with Gasteiger partial charge >= 0.3 is 0 Å². The smallest absolute Gasteiger partial charge is 0.229 e. The molecule has 1 aromatic heterocycles. The van der Waals surface area contributed by atoms with Gasteiger partial charge in [0, 0.05) is 30.8 Å². The second kappa shape index (κ2) is 6.67. The summed E-state index contributed by atoms with van der Waals surface area (Å²) in [4.78, 5) is 20.4. The van der Waals surface area contributed by atoms with E-state index in [0.717, 1.165) is 18.5 Å². The summed E-state index contributed by atoms with van der Waals surface area (Å²) >= 11 is 1.80. The van der Waals surface area contributed by atoms with Gasteiger partial charge in [0.2, 0.25) is 5.91 Å². The van der Waals surface area contributed by atoms with Crippen LogP contribution in [0.25, 0.3) is 10.4 Å². The molecule has 0 spiro atoms. The Bertz CT molecular complexity index is 729. The fourth-order valence-electron chi connectivity index (χ4n) is 3.56. The molecule has 0 N–H and O–H groups in total. The first-order chi connectivity index (χ1) is 11.7. The van der Waals surface area contributed by atoms with Crippen molar-refractivity contribution in [2.75, 3.05) is 11.9 Å². The van der Waals surface area contributed by atoms with E-state index in [4.69, 9.17) is 0 Å². The van der Waals surface area contributed by atoms with Crippen LogP contribution in [0.4, 0.5) is 5.69 Å². The topological polar surface area (TPSA) is 33.2 Å². The van der Waals surface area contributed by atoms with E-state index in [1.807, 2.05) is 30.3 Å². The predicted octanol–water partition coefficient (Wildman–Crippen LogP) is 5.23. The molecule has 0 radical (unpaired) electrons. The summed E-state index contributed by atoms with van der Waals surface area (Å²) in [7, 11) is 1.92. The van der Waals surface area contributed by atoms with Gasteiger partial charge in [-0.1, -0.05) is 31.4 Å². The van der Waals surface area contributed by atoms with Crippen LogP contribution in [0.3, 0.4) is 0 Å². The zero-order chi connectivity index (χ0) is 16.5. The van der Waals surface area contributed by atoms with E-state index in [9.17, 15) is 4.79 Å². The van der Waals surface area contributed by atoms with Gasteiger partial charge in [0.25, 0.3) is 0 Å². The molecule has 24 heavy (non-hydrogen) atoms. The van der Waals surface area contributed by atoms with Crippen LogP contribution in [-0.4, -0.2) is 17.9 Å². The van der Waals surface area contributed by atoms with Crippen LogP contribution in [0.5, 0.6) is 0 Å². The van der Waals surface area contributed by atoms with E-state index in [0.29, 0.717) is 5.92 Å². The van der Waals surface area contributed by atoms with Crippen molar-refractivity contribution in [3.8, 4) is 10.4 Å². The summed E-state index contributed by atoms with van der Waals surface area (Å²) in [6.45, 7) is 0. The molecule has 0 aliphatic heterocycles. The highest BCUT2D eigenvalue weighted by Crippen LogP contribution is 2.43. The van der Waals surface area contributed by atoms with Crippen LogP contribution in [0.15, 0.2) is 30.5 Å². The maximum atomic E-state index is 12.8. The van der Waals surface area contributed by atoms with Crippen molar-refractivity contribution in [1.82, 2.24) is 4.98 Å². The molecule has 1 aromatic carbocycles. The fraction of sp³-hybridized carbons (Fsp3) is 0.500. The summed E-state index contributed by atoms with van der Waals surface area (Å²) in [5.74, 6) is 1.18. The Morgan fingerprint density at radius 2 is 1.96 bits per heavy atom. The van der Waals surface area contributed by atoms with Crippen LogP contribution in [0, 0.1) is 5.92 Å². The van der Waals surface area contributed by atoms with Crippen LogP contribution < -0.4 is 4.90 Å². The van der Waals surface area contributed by atoms with Gasteiger partial charge in [0.05, 0.1) is 9.88 Å². The van der Waals surface area contributed by atoms with Crippen LogP contribution >= 0.6 is 11.3 Å². The van der Waals surface area contributed by atoms with E-state index < -0.39 is 0 Å². The Labute approximate surface area is 147 Å². The Hall–Kier alpha value is -1.68. The molecule has 2 aromatic rings. The molecule has 0 unspecified atom stereocenters. The Morgan fingerprint density at radius 1 is 1.17 bits per heavy atom. The number of hydrogen-bond acceptors (Lipinski definition) is 3. The lowest BCUT2D eigenvalue weighted by Gasteiger charge is -2.26. The first kappa shape index (κ1) is 15.8. The zero-order valence-electron chi connectivity index (χ0n) is 14.2. The molecule has 2 aliphatic carbocycles. The van der Waals surface area contributed by atoms with E-state index in [-0.39, 0.29) is 11.8 Å². The molecule has 2 fully saturated rings.